The van der Waals surface area contributed by atoms with Crippen molar-refractivity contribution in [2.75, 3.05) is 31.2 Å². The van der Waals surface area contributed by atoms with Gasteiger partial charge in [-0.2, -0.15) is 0 Å². The average molecular weight is 266 g/mol. The number of anilines is 1. The summed E-state index contributed by atoms with van der Waals surface area (Å²) in [5.41, 5.74) is 1.83. The van der Waals surface area contributed by atoms with Crippen LogP contribution >= 0.6 is 0 Å². The summed E-state index contributed by atoms with van der Waals surface area (Å²) in [5, 5.41) is 18.0. The predicted octanol–water partition coefficient (Wildman–Crippen LogP) is 0.860. The molecule has 0 radical (unpaired) electrons. The van der Waals surface area contributed by atoms with Crippen LogP contribution in [-0.4, -0.2) is 47.6 Å². The van der Waals surface area contributed by atoms with Gasteiger partial charge in [-0.3, -0.25) is 0 Å². The largest absolute Gasteiger partial charge is 0.394 e. The van der Waals surface area contributed by atoms with Crippen LogP contribution in [0.4, 0.5) is 5.82 Å². The summed E-state index contributed by atoms with van der Waals surface area (Å²) in [6.45, 7) is 4.29. The van der Waals surface area contributed by atoms with Crippen molar-refractivity contribution in [2.45, 2.75) is 32.5 Å². The molecule has 2 rings (SSSR count). The number of aromatic nitrogens is 1. The SMILES string of the molecule is Cc1cc(CO)cc(N2CCC(OCCO)CC2)n1. The molecule has 0 atom stereocenters. The lowest BCUT2D eigenvalue weighted by Crippen LogP contribution is -2.38. The van der Waals surface area contributed by atoms with Crippen LogP contribution in [0.15, 0.2) is 12.1 Å². The minimum Gasteiger partial charge on any atom is -0.394 e. The summed E-state index contributed by atoms with van der Waals surface area (Å²) in [4.78, 5) is 6.75. The first-order chi connectivity index (χ1) is 9.22. The number of aryl methyl sites for hydroxylation is 1. The van der Waals surface area contributed by atoms with E-state index in [1.165, 1.54) is 0 Å². The molecule has 1 aliphatic heterocycles. The molecule has 1 aromatic rings. The number of aliphatic hydroxyl groups excluding tert-OH is 2. The molecular weight excluding hydrogens is 244 g/mol. The lowest BCUT2D eigenvalue weighted by molar-refractivity contribution is 0.0158. The lowest BCUT2D eigenvalue weighted by Gasteiger charge is -2.33. The fraction of sp³-hybridized carbons (Fsp3) is 0.643. The Bertz CT molecular complexity index is 404. The zero-order chi connectivity index (χ0) is 13.7. The summed E-state index contributed by atoms with van der Waals surface area (Å²) in [5.74, 6) is 0.935. The van der Waals surface area contributed by atoms with Crippen LogP contribution in [0.25, 0.3) is 0 Å². The highest BCUT2D eigenvalue weighted by atomic mass is 16.5. The van der Waals surface area contributed by atoms with Crippen molar-refractivity contribution in [2.24, 2.45) is 0 Å². The smallest absolute Gasteiger partial charge is 0.129 e. The van der Waals surface area contributed by atoms with Gasteiger partial charge in [-0.05, 0) is 37.5 Å². The van der Waals surface area contributed by atoms with Gasteiger partial charge in [0, 0.05) is 18.8 Å². The number of aliphatic hydroxyl groups is 2. The molecule has 0 bridgehead atoms. The summed E-state index contributed by atoms with van der Waals surface area (Å²) >= 11 is 0. The van der Waals surface area contributed by atoms with Crippen LogP contribution in [0.1, 0.15) is 24.1 Å². The van der Waals surface area contributed by atoms with Gasteiger partial charge in [-0.1, -0.05) is 0 Å². The molecule has 2 heterocycles. The second kappa shape index (κ2) is 6.84. The van der Waals surface area contributed by atoms with Gasteiger partial charge in [0.25, 0.3) is 0 Å². The maximum atomic E-state index is 9.23. The fourth-order valence-corrected chi connectivity index (χ4v) is 2.45. The van der Waals surface area contributed by atoms with Gasteiger partial charge in [0.1, 0.15) is 5.82 Å². The Labute approximate surface area is 113 Å². The normalized spacial score (nSPS) is 16.9. The number of nitrogens with zero attached hydrogens (tertiary/aromatic N) is 2. The molecule has 106 valence electrons. The van der Waals surface area contributed by atoms with Crippen molar-refractivity contribution in [1.29, 1.82) is 0 Å². The molecule has 0 aliphatic carbocycles. The molecule has 19 heavy (non-hydrogen) atoms. The highest BCUT2D eigenvalue weighted by Gasteiger charge is 2.20. The van der Waals surface area contributed by atoms with E-state index >= 15 is 0 Å². The highest BCUT2D eigenvalue weighted by molar-refractivity contribution is 5.43. The van der Waals surface area contributed by atoms with Gasteiger partial charge in [-0.25, -0.2) is 4.98 Å². The fourth-order valence-electron chi connectivity index (χ4n) is 2.45. The summed E-state index contributed by atoms with van der Waals surface area (Å²) < 4.78 is 5.55. The minimum atomic E-state index is 0.0481. The zero-order valence-corrected chi connectivity index (χ0v) is 11.4. The van der Waals surface area contributed by atoms with Gasteiger partial charge < -0.3 is 19.8 Å². The van der Waals surface area contributed by atoms with E-state index in [4.69, 9.17) is 9.84 Å². The molecule has 1 fully saturated rings. The van der Waals surface area contributed by atoms with Crippen LogP contribution < -0.4 is 4.90 Å². The first kappa shape index (κ1) is 14.2. The van der Waals surface area contributed by atoms with Crippen molar-refractivity contribution in [3.8, 4) is 0 Å². The number of pyridine rings is 1. The molecular formula is C14H22N2O3. The quantitative estimate of drug-likeness (QED) is 0.827. The van der Waals surface area contributed by atoms with Gasteiger partial charge >= 0.3 is 0 Å². The maximum Gasteiger partial charge on any atom is 0.129 e. The predicted molar refractivity (Wildman–Crippen MR) is 73.2 cm³/mol. The van der Waals surface area contributed by atoms with E-state index in [1.807, 2.05) is 19.1 Å². The monoisotopic (exact) mass is 266 g/mol. The average Bonchev–Trinajstić information content (AvgIpc) is 2.45. The van der Waals surface area contributed by atoms with Crippen LogP contribution in [0.3, 0.4) is 0 Å². The van der Waals surface area contributed by atoms with Crippen molar-refractivity contribution in [3.05, 3.63) is 23.4 Å². The molecule has 0 spiro atoms. The Morgan fingerprint density at radius 3 is 2.68 bits per heavy atom. The third kappa shape index (κ3) is 3.89. The van der Waals surface area contributed by atoms with E-state index < -0.39 is 0 Å². The third-order valence-corrected chi connectivity index (χ3v) is 3.39. The first-order valence-corrected chi connectivity index (χ1v) is 6.78. The lowest BCUT2D eigenvalue weighted by atomic mass is 10.1. The highest BCUT2D eigenvalue weighted by Crippen LogP contribution is 2.21. The number of hydrogen-bond acceptors (Lipinski definition) is 5. The van der Waals surface area contributed by atoms with Crippen LogP contribution in [-0.2, 0) is 11.3 Å². The molecule has 0 unspecified atom stereocenters. The molecule has 0 aromatic carbocycles. The minimum absolute atomic E-state index is 0.0481. The number of rotatable bonds is 5. The molecule has 1 aromatic heterocycles. The molecule has 5 heteroatoms. The molecule has 1 saturated heterocycles. The van der Waals surface area contributed by atoms with Crippen molar-refractivity contribution < 1.29 is 14.9 Å². The number of hydrogen-bond donors (Lipinski definition) is 2. The molecule has 5 nitrogen and oxygen atoms in total. The zero-order valence-electron chi connectivity index (χ0n) is 11.4. The van der Waals surface area contributed by atoms with E-state index in [-0.39, 0.29) is 19.3 Å². The summed E-state index contributed by atoms with van der Waals surface area (Å²) in [6, 6.07) is 3.85. The second-order valence-electron chi connectivity index (χ2n) is 4.91. The van der Waals surface area contributed by atoms with Crippen molar-refractivity contribution in [1.82, 2.24) is 4.98 Å². The van der Waals surface area contributed by atoms with Gasteiger partial charge in [-0.15, -0.1) is 0 Å². The molecule has 2 N–H and O–H groups in total. The van der Waals surface area contributed by atoms with Gasteiger partial charge in [0.15, 0.2) is 0 Å². The van der Waals surface area contributed by atoms with Crippen LogP contribution in [0.2, 0.25) is 0 Å². The van der Waals surface area contributed by atoms with E-state index in [0.29, 0.717) is 6.61 Å². The Balaban J connectivity index is 1.95. The maximum absolute atomic E-state index is 9.23. The third-order valence-electron chi connectivity index (χ3n) is 3.39. The molecule has 0 saturated carbocycles. The van der Waals surface area contributed by atoms with Crippen LogP contribution in [0.5, 0.6) is 0 Å². The van der Waals surface area contributed by atoms with Crippen molar-refractivity contribution >= 4 is 5.82 Å². The second-order valence-corrected chi connectivity index (χ2v) is 4.91. The van der Waals surface area contributed by atoms with E-state index in [0.717, 1.165) is 43.0 Å². The summed E-state index contributed by atoms with van der Waals surface area (Å²) in [7, 11) is 0. The molecule has 0 amide bonds. The Kier molecular flexibility index (Phi) is 5.13. The van der Waals surface area contributed by atoms with E-state index in [2.05, 4.69) is 9.88 Å². The summed E-state index contributed by atoms with van der Waals surface area (Å²) in [6.07, 6.45) is 2.14. The standard InChI is InChI=1S/C14H22N2O3/c1-11-8-12(10-18)9-14(15-11)16-4-2-13(3-5-16)19-7-6-17/h8-9,13,17-18H,2-7,10H2,1H3. The Morgan fingerprint density at radius 2 is 2.05 bits per heavy atom. The number of ether oxygens (including phenoxy) is 1. The Morgan fingerprint density at radius 1 is 1.32 bits per heavy atom. The van der Waals surface area contributed by atoms with E-state index in [1.54, 1.807) is 0 Å². The van der Waals surface area contributed by atoms with E-state index in [9.17, 15) is 5.11 Å². The van der Waals surface area contributed by atoms with Crippen molar-refractivity contribution in [3.63, 3.8) is 0 Å². The first-order valence-electron chi connectivity index (χ1n) is 6.78. The molecule has 1 aliphatic rings. The van der Waals surface area contributed by atoms with Gasteiger partial charge in [0.05, 0.1) is 25.9 Å². The van der Waals surface area contributed by atoms with Crippen LogP contribution in [0, 0.1) is 6.92 Å². The number of piperidine rings is 1. The topological polar surface area (TPSA) is 65.8 Å². The Hall–Kier alpha value is -1.17. The van der Waals surface area contributed by atoms with Gasteiger partial charge in [0.2, 0.25) is 0 Å².